The van der Waals surface area contributed by atoms with E-state index in [4.69, 9.17) is 4.74 Å². The van der Waals surface area contributed by atoms with Gasteiger partial charge in [0.1, 0.15) is 0 Å². The fourth-order valence-electron chi connectivity index (χ4n) is 1.64. The number of hydrogen-bond donors (Lipinski definition) is 1. The van der Waals surface area contributed by atoms with E-state index in [0.29, 0.717) is 19.0 Å². The molecule has 2 rings (SSSR count). The summed E-state index contributed by atoms with van der Waals surface area (Å²) < 4.78 is 5.42. The van der Waals surface area contributed by atoms with Gasteiger partial charge in [0.25, 0.3) is 5.91 Å². The summed E-state index contributed by atoms with van der Waals surface area (Å²) in [4.78, 5) is 17.9. The SMILES string of the molecule is CCOc1ncccc1CNC(=O)c1ccc(C)s1. The Kier molecular flexibility index (Phi) is 4.52. The second-order valence-corrected chi connectivity index (χ2v) is 5.28. The Morgan fingerprint density at radius 1 is 1.42 bits per heavy atom. The molecule has 0 aliphatic heterocycles. The van der Waals surface area contributed by atoms with Crippen LogP contribution in [0.15, 0.2) is 30.5 Å². The van der Waals surface area contributed by atoms with E-state index in [9.17, 15) is 4.79 Å². The smallest absolute Gasteiger partial charge is 0.261 e. The van der Waals surface area contributed by atoms with E-state index in [0.717, 1.165) is 15.3 Å². The summed E-state index contributed by atoms with van der Waals surface area (Å²) in [5.74, 6) is 0.511. The van der Waals surface area contributed by atoms with Crippen molar-refractivity contribution >= 4 is 17.2 Å². The third-order valence-electron chi connectivity index (χ3n) is 2.53. The summed E-state index contributed by atoms with van der Waals surface area (Å²) in [6, 6.07) is 7.51. The molecule has 2 aromatic rings. The number of carbonyl (C=O) groups excluding carboxylic acids is 1. The summed E-state index contributed by atoms with van der Waals surface area (Å²) in [5.41, 5.74) is 0.881. The third-order valence-corrected chi connectivity index (χ3v) is 3.53. The van der Waals surface area contributed by atoms with Crippen LogP contribution < -0.4 is 10.1 Å². The van der Waals surface area contributed by atoms with Crippen LogP contribution in [0.1, 0.15) is 27.0 Å². The van der Waals surface area contributed by atoms with Gasteiger partial charge < -0.3 is 10.1 Å². The number of nitrogens with zero attached hydrogens (tertiary/aromatic N) is 1. The van der Waals surface area contributed by atoms with Crippen molar-refractivity contribution in [1.29, 1.82) is 0 Å². The van der Waals surface area contributed by atoms with Gasteiger partial charge in [0, 0.05) is 23.2 Å². The fraction of sp³-hybridized carbons (Fsp3) is 0.286. The monoisotopic (exact) mass is 276 g/mol. The molecule has 0 aliphatic carbocycles. The predicted octanol–water partition coefficient (Wildman–Crippen LogP) is 2.78. The van der Waals surface area contributed by atoms with Crippen LogP contribution in [-0.4, -0.2) is 17.5 Å². The molecule has 2 aromatic heterocycles. The highest BCUT2D eigenvalue weighted by molar-refractivity contribution is 7.13. The first kappa shape index (κ1) is 13.5. The number of ether oxygens (including phenoxy) is 1. The van der Waals surface area contributed by atoms with Crippen LogP contribution in [0.3, 0.4) is 0 Å². The molecule has 100 valence electrons. The Morgan fingerprint density at radius 2 is 2.26 bits per heavy atom. The molecule has 0 aromatic carbocycles. The number of rotatable bonds is 5. The molecule has 1 amide bonds. The minimum absolute atomic E-state index is 0.0654. The van der Waals surface area contributed by atoms with Crippen LogP contribution in [0.25, 0.3) is 0 Å². The Hall–Kier alpha value is -1.88. The van der Waals surface area contributed by atoms with Crippen molar-refractivity contribution in [3.8, 4) is 5.88 Å². The summed E-state index contributed by atoms with van der Waals surface area (Å²) in [6.07, 6.45) is 1.68. The Balaban J connectivity index is 2.00. The zero-order valence-electron chi connectivity index (χ0n) is 11.0. The maximum atomic E-state index is 11.9. The summed E-state index contributed by atoms with van der Waals surface area (Å²) >= 11 is 1.49. The lowest BCUT2D eigenvalue weighted by Gasteiger charge is -2.09. The van der Waals surface area contributed by atoms with Crippen LogP contribution in [0.2, 0.25) is 0 Å². The van der Waals surface area contributed by atoms with Gasteiger partial charge in [-0.2, -0.15) is 0 Å². The lowest BCUT2D eigenvalue weighted by atomic mass is 10.2. The van der Waals surface area contributed by atoms with E-state index < -0.39 is 0 Å². The van der Waals surface area contributed by atoms with Crippen LogP contribution in [0.4, 0.5) is 0 Å². The molecule has 19 heavy (non-hydrogen) atoms. The average Bonchev–Trinajstić information content (AvgIpc) is 2.84. The van der Waals surface area contributed by atoms with Crippen molar-refractivity contribution in [2.45, 2.75) is 20.4 Å². The summed E-state index contributed by atoms with van der Waals surface area (Å²) in [7, 11) is 0. The quantitative estimate of drug-likeness (QED) is 0.913. The van der Waals surface area contributed by atoms with Gasteiger partial charge in [-0.15, -0.1) is 11.3 Å². The molecule has 4 nitrogen and oxygen atoms in total. The maximum absolute atomic E-state index is 11.9. The Labute approximate surface area is 116 Å². The predicted molar refractivity (Wildman–Crippen MR) is 75.6 cm³/mol. The van der Waals surface area contributed by atoms with E-state index in [-0.39, 0.29) is 5.91 Å². The molecule has 0 unspecified atom stereocenters. The Morgan fingerprint density at radius 3 is 2.95 bits per heavy atom. The third kappa shape index (κ3) is 3.54. The van der Waals surface area contributed by atoms with Crippen molar-refractivity contribution in [2.24, 2.45) is 0 Å². The zero-order chi connectivity index (χ0) is 13.7. The van der Waals surface area contributed by atoms with Crippen molar-refractivity contribution in [3.63, 3.8) is 0 Å². The molecule has 0 aliphatic rings. The van der Waals surface area contributed by atoms with E-state index in [1.807, 2.05) is 38.1 Å². The number of aromatic nitrogens is 1. The summed E-state index contributed by atoms with van der Waals surface area (Å²) in [6.45, 7) is 4.86. The van der Waals surface area contributed by atoms with Crippen LogP contribution in [0, 0.1) is 6.92 Å². The lowest BCUT2D eigenvalue weighted by molar-refractivity contribution is 0.0954. The highest BCUT2D eigenvalue weighted by Crippen LogP contribution is 2.16. The number of amides is 1. The zero-order valence-corrected chi connectivity index (χ0v) is 11.8. The number of aryl methyl sites for hydroxylation is 1. The molecule has 0 saturated carbocycles. The number of nitrogens with one attached hydrogen (secondary N) is 1. The first-order chi connectivity index (χ1) is 9.20. The highest BCUT2D eigenvalue weighted by atomic mass is 32.1. The minimum Gasteiger partial charge on any atom is -0.478 e. The number of thiophene rings is 1. The first-order valence-corrected chi connectivity index (χ1v) is 6.93. The van der Waals surface area contributed by atoms with E-state index in [1.54, 1.807) is 6.20 Å². The van der Waals surface area contributed by atoms with Gasteiger partial charge in [-0.1, -0.05) is 6.07 Å². The first-order valence-electron chi connectivity index (χ1n) is 6.12. The number of carbonyl (C=O) groups is 1. The molecule has 0 saturated heterocycles. The molecule has 0 atom stereocenters. The molecule has 0 bridgehead atoms. The van der Waals surface area contributed by atoms with Gasteiger partial charge in [0.15, 0.2) is 0 Å². The molecule has 0 fully saturated rings. The lowest BCUT2D eigenvalue weighted by Crippen LogP contribution is -2.22. The second kappa shape index (κ2) is 6.33. The molecule has 0 radical (unpaired) electrons. The molecular formula is C14H16N2O2S. The molecular weight excluding hydrogens is 260 g/mol. The van der Waals surface area contributed by atoms with Gasteiger partial charge >= 0.3 is 0 Å². The molecule has 1 N–H and O–H groups in total. The van der Waals surface area contributed by atoms with E-state index in [1.165, 1.54) is 11.3 Å². The molecule has 5 heteroatoms. The van der Waals surface area contributed by atoms with Gasteiger partial charge in [0.2, 0.25) is 5.88 Å². The minimum atomic E-state index is -0.0654. The van der Waals surface area contributed by atoms with Crippen LogP contribution in [-0.2, 0) is 6.54 Å². The van der Waals surface area contributed by atoms with Crippen molar-refractivity contribution in [2.75, 3.05) is 6.61 Å². The van der Waals surface area contributed by atoms with Gasteiger partial charge in [-0.3, -0.25) is 4.79 Å². The van der Waals surface area contributed by atoms with Crippen molar-refractivity contribution in [1.82, 2.24) is 10.3 Å². The molecule has 0 spiro atoms. The van der Waals surface area contributed by atoms with Gasteiger partial charge in [-0.05, 0) is 32.0 Å². The molecule has 2 heterocycles. The second-order valence-electron chi connectivity index (χ2n) is 3.99. The topological polar surface area (TPSA) is 51.2 Å². The van der Waals surface area contributed by atoms with Crippen molar-refractivity contribution in [3.05, 3.63) is 45.8 Å². The Bertz CT molecular complexity index is 566. The van der Waals surface area contributed by atoms with Gasteiger partial charge in [0.05, 0.1) is 11.5 Å². The van der Waals surface area contributed by atoms with Crippen molar-refractivity contribution < 1.29 is 9.53 Å². The number of pyridine rings is 1. The van der Waals surface area contributed by atoms with E-state index in [2.05, 4.69) is 10.3 Å². The highest BCUT2D eigenvalue weighted by Gasteiger charge is 2.09. The van der Waals surface area contributed by atoms with E-state index >= 15 is 0 Å². The normalized spacial score (nSPS) is 10.2. The standard InChI is InChI=1S/C14H16N2O2S/c1-3-18-14-11(5-4-8-15-14)9-16-13(17)12-7-6-10(2)19-12/h4-8H,3,9H2,1-2H3,(H,16,17). The fourth-order valence-corrected chi connectivity index (χ4v) is 2.43. The number of hydrogen-bond acceptors (Lipinski definition) is 4. The maximum Gasteiger partial charge on any atom is 0.261 e. The van der Waals surface area contributed by atoms with Crippen LogP contribution in [0.5, 0.6) is 5.88 Å². The largest absolute Gasteiger partial charge is 0.478 e. The summed E-state index contributed by atoms with van der Waals surface area (Å²) in [5, 5.41) is 2.88. The van der Waals surface area contributed by atoms with Gasteiger partial charge in [-0.25, -0.2) is 4.98 Å². The van der Waals surface area contributed by atoms with Crippen LogP contribution >= 0.6 is 11.3 Å². The average molecular weight is 276 g/mol.